The summed E-state index contributed by atoms with van der Waals surface area (Å²) in [6.07, 6.45) is -4.90. The highest BCUT2D eigenvalue weighted by atomic mass is 35.5. The molecule has 4 rings (SSSR count). The van der Waals surface area contributed by atoms with Crippen molar-refractivity contribution in [3.05, 3.63) is 69.7 Å². The first-order valence-electron chi connectivity index (χ1n) is 9.12. The molecule has 0 radical (unpaired) electrons. The number of esters is 2. The van der Waals surface area contributed by atoms with Crippen molar-refractivity contribution in [3.63, 3.8) is 0 Å². The highest BCUT2D eigenvalue weighted by molar-refractivity contribution is 6.31. The molecule has 6 nitrogen and oxygen atoms in total. The van der Waals surface area contributed by atoms with Crippen LogP contribution in [0.4, 0.5) is 4.39 Å². The van der Waals surface area contributed by atoms with Gasteiger partial charge in [-0.15, -0.1) is 0 Å². The van der Waals surface area contributed by atoms with E-state index in [4.69, 9.17) is 42.1 Å². The fraction of sp³-hybridized carbons (Fsp3) is 0.333. The second-order valence-corrected chi connectivity index (χ2v) is 7.93. The van der Waals surface area contributed by atoms with Crippen LogP contribution in [-0.2, 0) is 18.9 Å². The van der Waals surface area contributed by atoms with E-state index in [0.29, 0.717) is 10.0 Å². The molecule has 2 fully saturated rings. The van der Waals surface area contributed by atoms with Crippen molar-refractivity contribution in [1.29, 1.82) is 0 Å². The number of benzene rings is 2. The first-order chi connectivity index (χ1) is 14.3. The third-order valence-electron chi connectivity index (χ3n) is 5.13. The van der Waals surface area contributed by atoms with Gasteiger partial charge in [-0.3, -0.25) is 0 Å². The van der Waals surface area contributed by atoms with Crippen LogP contribution in [0, 0.1) is 0 Å². The average molecular weight is 455 g/mol. The van der Waals surface area contributed by atoms with Crippen LogP contribution in [0.5, 0.6) is 0 Å². The Morgan fingerprint density at radius 2 is 1.47 bits per heavy atom. The van der Waals surface area contributed by atoms with Crippen LogP contribution in [0.2, 0.25) is 10.0 Å². The number of carbonyl (C=O) groups is 2. The molecule has 0 bridgehead atoms. The monoisotopic (exact) mass is 454 g/mol. The second kappa shape index (κ2) is 8.15. The standard InChI is InChI=1S/C21H17Cl2FO6/c1-27-20-16(24)17(29-19(26)12-4-8-14(23)9-5-12)21(30-20)10-15(21)28-18(25)11-2-6-13(22)7-3-11/h2-9,15-17,20H,10H2,1H3/t15?,16-,17-,20?,21+/m0/s1. The molecule has 2 unspecified atom stereocenters. The molecular weight excluding hydrogens is 438 g/mol. The summed E-state index contributed by atoms with van der Waals surface area (Å²) in [5.74, 6) is -1.36. The summed E-state index contributed by atoms with van der Waals surface area (Å²) in [7, 11) is 1.28. The summed E-state index contributed by atoms with van der Waals surface area (Å²) in [6.45, 7) is 0. The van der Waals surface area contributed by atoms with Crippen molar-refractivity contribution in [2.24, 2.45) is 0 Å². The van der Waals surface area contributed by atoms with Gasteiger partial charge in [0, 0.05) is 23.6 Å². The van der Waals surface area contributed by atoms with Gasteiger partial charge in [-0.2, -0.15) is 0 Å². The molecule has 2 aromatic rings. The van der Waals surface area contributed by atoms with Crippen molar-refractivity contribution in [2.45, 2.75) is 36.7 Å². The van der Waals surface area contributed by atoms with Gasteiger partial charge in [-0.05, 0) is 48.5 Å². The molecule has 5 atom stereocenters. The number of ether oxygens (including phenoxy) is 4. The lowest BCUT2D eigenvalue weighted by atomic mass is 10.1. The minimum absolute atomic E-state index is 0.172. The molecule has 2 aliphatic rings. The topological polar surface area (TPSA) is 71.1 Å². The zero-order chi connectivity index (χ0) is 21.5. The largest absolute Gasteiger partial charge is 0.455 e. The third kappa shape index (κ3) is 3.90. The fourth-order valence-corrected chi connectivity index (χ4v) is 3.70. The Bertz CT molecular complexity index is 951. The molecule has 0 aromatic heterocycles. The van der Waals surface area contributed by atoms with Crippen LogP contribution in [0.25, 0.3) is 0 Å². The molecule has 0 amide bonds. The van der Waals surface area contributed by atoms with E-state index in [-0.39, 0.29) is 17.5 Å². The third-order valence-corrected chi connectivity index (χ3v) is 5.64. The highest BCUT2D eigenvalue weighted by Crippen LogP contribution is 2.54. The van der Waals surface area contributed by atoms with E-state index < -0.39 is 42.2 Å². The minimum atomic E-state index is -1.74. The predicted molar refractivity (Wildman–Crippen MR) is 105 cm³/mol. The molecule has 1 aliphatic carbocycles. The molecule has 1 saturated carbocycles. The summed E-state index contributed by atoms with van der Waals surface area (Å²) in [5, 5.41) is 0.928. The Labute approximate surface area is 181 Å². The summed E-state index contributed by atoms with van der Waals surface area (Å²) in [5.41, 5.74) is -0.809. The normalized spacial score (nSPS) is 29.6. The lowest BCUT2D eigenvalue weighted by molar-refractivity contribution is -0.150. The Kier molecular flexibility index (Phi) is 5.72. The van der Waals surface area contributed by atoms with E-state index in [9.17, 15) is 14.0 Å². The van der Waals surface area contributed by atoms with Crippen molar-refractivity contribution in [2.75, 3.05) is 7.11 Å². The molecule has 30 heavy (non-hydrogen) atoms. The SMILES string of the molecule is COC1O[C@@]2(CC2OC(=O)c2ccc(Cl)cc2)[C@@H](OC(=O)c2ccc(Cl)cc2)[C@@H]1F. The van der Waals surface area contributed by atoms with Gasteiger partial charge >= 0.3 is 11.9 Å². The lowest BCUT2D eigenvalue weighted by Gasteiger charge is -2.20. The van der Waals surface area contributed by atoms with Crippen molar-refractivity contribution in [1.82, 2.24) is 0 Å². The van der Waals surface area contributed by atoms with Gasteiger partial charge in [0.15, 0.2) is 24.2 Å². The molecule has 1 spiro atoms. The first kappa shape index (κ1) is 21.1. The number of alkyl halides is 1. The van der Waals surface area contributed by atoms with Gasteiger partial charge < -0.3 is 18.9 Å². The van der Waals surface area contributed by atoms with Crippen LogP contribution >= 0.6 is 23.2 Å². The van der Waals surface area contributed by atoms with E-state index in [1.165, 1.54) is 43.5 Å². The van der Waals surface area contributed by atoms with Crippen LogP contribution in [0.1, 0.15) is 27.1 Å². The molecule has 2 aromatic carbocycles. The van der Waals surface area contributed by atoms with Gasteiger partial charge in [0.2, 0.25) is 0 Å². The van der Waals surface area contributed by atoms with E-state index in [1.54, 1.807) is 12.1 Å². The van der Waals surface area contributed by atoms with Crippen LogP contribution < -0.4 is 0 Å². The molecule has 9 heteroatoms. The van der Waals surface area contributed by atoms with E-state index in [2.05, 4.69) is 0 Å². The Morgan fingerprint density at radius 1 is 0.967 bits per heavy atom. The van der Waals surface area contributed by atoms with Crippen LogP contribution in [0.15, 0.2) is 48.5 Å². The summed E-state index contributed by atoms with van der Waals surface area (Å²) in [4.78, 5) is 24.9. The Balaban J connectivity index is 1.49. The minimum Gasteiger partial charge on any atom is -0.455 e. The zero-order valence-corrected chi connectivity index (χ0v) is 17.2. The van der Waals surface area contributed by atoms with Crippen molar-refractivity contribution >= 4 is 35.1 Å². The maximum atomic E-state index is 14.9. The van der Waals surface area contributed by atoms with Gasteiger partial charge in [0.25, 0.3) is 0 Å². The summed E-state index contributed by atoms with van der Waals surface area (Å²) < 4.78 is 36.5. The molecule has 0 N–H and O–H groups in total. The van der Waals surface area contributed by atoms with E-state index in [1.807, 2.05) is 0 Å². The molecule has 1 heterocycles. The van der Waals surface area contributed by atoms with E-state index >= 15 is 0 Å². The maximum Gasteiger partial charge on any atom is 0.338 e. The van der Waals surface area contributed by atoms with Gasteiger partial charge in [-0.1, -0.05) is 23.2 Å². The number of hydrogen-bond acceptors (Lipinski definition) is 6. The van der Waals surface area contributed by atoms with Crippen LogP contribution in [0.3, 0.4) is 0 Å². The van der Waals surface area contributed by atoms with Crippen molar-refractivity contribution in [3.8, 4) is 0 Å². The molecule has 1 saturated heterocycles. The van der Waals surface area contributed by atoms with Gasteiger partial charge in [0.1, 0.15) is 6.10 Å². The predicted octanol–water partition coefficient (Wildman–Crippen LogP) is 4.23. The van der Waals surface area contributed by atoms with Crippen LogP contribution in [-0.4, -0.2) is 49.3 Å². The Morgan fingerprint density at radius 3 is 1.97 bits per heavy atom. The Hall–Kier alpha value is -2.19. The second-order valence-electron chi connectivity index (χ2n) is 7.06. The number of hydrogen-bond donors (Lipinski definition) is 0. The fourth-order valence-electron chi connectivity index (χ4n) is 3.45. The number of halogens is 3. The first-order valence-corrected chi connectivity index (χ1v) is 9.87. The number of carbonyl (C=O) groups excluding carboxylic acids is 2. The molecular formula is C21H17Cl2FO6. The smallest absolute Gasteiger partial charge is 0.338 e. The molecule has 158 valence electrons. The summed E-state index contributed by atoms with van der Waals surface area (Å²) in [6, 6.07) is 12.1. The highest BCUT2D eigenvalue weighted by Gasteiger charge is 2.74. The van der Waals surface area contributed by atoms with Gasteiger partial charge in [0.05, 0.1) is 11.1 Å². The van der Waals surface area contributed by atoms with E-state index in [0.717, 1.165) is 0 Å². The average Bonchev–Trinajstić information content (AvgIpc) is 3.35. The number of methoxy groups -OCH3 is 1. The molecule has 1 aliphatic heterocycles. The lowest BCUT2D eigenvalue weighted by Crippen LogP contribution is -2.38. The number of rotatable bonds is 5. The quantitative estimate of drug-likeness (QED) is 0.629. The van der Waals surface area contributed by atoms with Crippen molar-refractivity contribution < 1.29 is 32.9 Å². The summed E-state index contributed by atoms with van der Waals surface area (Å²) >= 11 is 11.6. The zero-order valence-electron chi connectivity index (χ0n) is 15.7. The maximum absolute atomic E-state index is 14.9. The van der Waals surface area contributed by atoms with Gasteiger partial charge in [-0.25, -0.2) is 14.0 Å².